The number of aromatic nitrogens is 2. The molecule has 2 fully saturated rings. The van der Waals surface area contributed by atoms with Gasteiger partial charge in [-0.25, -0.2) is 9.97 Å². The Morgan fingerprint density at radius 2 is 2.05 bits per heavy atom. The van der Waals surface area contributed by atoms with Crippen LogP contribution in [-0.2, 0) is 0 Å². The third-order valence-corrected chi connectivity index (χ3v) is 3.79. The van der Waals surface area contributed by atoms with Gasteiger partial charge in [0.25, 0.3) is 0 Å². The minimum atomic E-state index is 0.515. The zero-order valence-electron chi connectivity index (χ0n) is 11.8. The molecule has 1 aromatic heterocycles. The van der Waals surface area contributed by atoms with Crippen molar-refractivity contribution in [2.24, 2.45) is 0 Å². The SMILES string of the molecule is CCNc1cc(NC2CCN(C)C2)nc(C2CC2)n1. The van der Waals surface area contributed by atoms with Crippen molar-refractivity contribution in [2.45, 2.75) is 38.1 Å². The van der Waals surface area contributed by atoms with Crippen LogP contribution in [0.1, 0.15) is 37.9 Å². The molecule has 0 amide bonds. The zero-order valence-corrected chi connectivity index (χ0v) is 11.8. The van der Waals surface area contributed by atoms with Crippen LogP contribution in [0.15, 0.2) is 6.07 Å². The van der Waals surface area contributed by atoms with Crippen LogP contribution in [0, 0.1) is 0 Å². The molecule has 2 aliphatic rings. The van der Waals surface area contributed by atoms with Gasteiger partial charge < -0.3 is 15.5 Å². The lowest BCUT2D eigenvalue weighted by Crippen LogP contribution is -2.24. The molecule has 2 N–H and O–H groups in total. The van der Waals surface area contributed by atoms with Gasteiger partial charge in [-0.15, -0.1) is 0 Å². The average Bonchev–Trinajstić information content (AvgIpc) is 3.14. The van der Waals surface area contributed by atoms with Crippen LogP contribution in [0.25, 0.3) is 0 Å². The van der Waals surface area contributed by atoms with E-state index in [0.29, 0.717) is 12.0 Å². The molecular formula is C14H23N5. The van der Waals surface area contributed by atoms with E-state index in [4.69, 9.17) is 0 Å². The highest BCUT2D eigenvalue weighted by Crippen LogP contribution is 2.38. The van der Waals surface area contributed by atoms with Gasteiger partial charge in [0.1, 0.15) is 17.5 Å². The highest BCUT2D eigenvalue weighted by Gasteiger charge is 2.28. The van der Waals surface area contributed by atoms with Crippen LogP contribution in [0.5, 0.6) is 0 Å². The van der Waals surface area contributed by atoms with Crippen molar-refractivity contribution in [3.8, 4) is 0 Å². The van der Waals surface area contributed by atoms with Gasteiger partial charge in [0, 0.05) is 31.1 Å². The lowest BCUT2D eigenvalue weighted by molar-refractivity contribution is 0.414. The molecule has 1 saturated carbocycles. The maximum Gasteiger partial charge on any atom is 0.136 e. The summed E-state index contributed by atoms with van der Waals surface area (Å²) in [7, 11) is 2.17. The van der Waals surface area contributed by atoms with Crippen molar-refractivity contribution in [2.75, 3.05) is 37.3 Å². The van der Waals surface area contributed by atoms with E-state index in [1.54, 1.807) is 0 Å². The van der Waals surface area contributed by atoms with Crippen LogP contribution < -0.4 is 10.6 Å². The molecule has 0 spiro atoms. The Labute approximate surface area is 114 Å². The lowest BCUT2D eigenvalue weighted by Gasteiger charge is -2.15. The van der Waals surface area contributed by atoms with Gasteiger partial charge in [0.15, 0.2) is 0 Å². The number of nitrogens with zero attached hydrogens (tertiary/aromatic N) is 3. The fraction of sp³-hybridized carbons (Fsp3) is 0.714. The molecular weight excluding hydrogens is 238 g/mol. The van der Waals surface area contributed by atoms with E-state index in [1.807, 2.05) is 6.07 Å². The molecule has 1 saturated heterocycles. The molecule has 0 bridgehead atoms. The van der Waals surface area contributed by atoms with E-state index in [1.165, 1.54) is 19.3 Å². The molecule has 1 aromatic rings. The average molecular weight is 261 g/mol. The Bertz CT molecular complexity index is 443. The second-order valence-electron chi connectivity index (χ2n) is 5.69. The molecule has 1 aliphatic carbocycles. The monoisotopic (exact) mass is 261 g/mol. The molecule has 1 aliphatic heterocycles. The molecule has 5 nitrogen and oxygen atoms in total. The molecule has 5 heteroatoms. The highest BCUT2D eigenvalue weighted by molar-refractivity contribution is 5.48. The van der Waals surface area contributed by atoms with Crippen molar-refractivity contribution in [1.29, 1.82) is 0 Å². The number of anilines is 2. The van der Waals surface area contributed by atoms with Gasteiger partial charge in [-0.3, -0.25) is 0 Å². The van der Waals surface area contributed by atoms with Crippen molar-refractivity contribution in [3.63, 3.8) is 0 Å². The number of nitrogens with one attached hydrogen (secondary N) is 2. The first-order valence-corrected chi connectivity index (χ1v) is 7.32. The third-order valence-electron chi connectivity index (χ3n) is 3.79. The maximum atomic E-state index is 4.69. The number of rotatable bonds is 5. The molecule has 2 heterocycles. The van der Waals surface area contributed by atoms with Crippen molar-refractivity contribution in [3.05, 3.63) is 11.9 Å². The molecule has 104 valence electrons. The Kier molecular flexibility index (Phi) is 3.55. The first-order valence-electron chi connectivity index (χ1n) is 7.32. The van der Waals surface area contributed by atoms with Crippen LogP contribution >= 0.6 is 0 Å². The number of likely N-dealkylation sites (tertiary alicyclic amines) is 1. The maximum absolute atomic E-state index is 4.69. The summed E-state index contributed by atoms with van der Waals surface area (Å²) in [5, 5.41) is 6.86. The molecule has 0 aromatic carbocycles. The van der Waals surface area contributed by atoms with E-state index in [0.717, 1.165) is 37.1 Å². The Morgan fingerprint density at radius 3 is 2.68 bits per heavy atom. The summed E-state index contributed by atoms with van der Waals surface area (Å²) < 4.78 is 0. The fourth-order valence-electron chi connectivity index (χ4n) is 2.60. The first kappa shape index (κ1) is 12.7. The second-order valence-corrected chi connectivity index (χ2v) is 5.69. The molecule has 1 unspecified atom stereocenters. The first-order chi connectivity index (χ1) is 9.24. The van der Waals surface area contributed by atoms with Gasteiger partial charge in [-0.1, -0.05) is 0 Å². The highest BCUT2D eigenvalue weighted by atomic mass is 15.2. The van der Waals surface area contributed by atoms with Gasteiger partial charge in [0.2, 0.25) is 0 Å². The van der Waals surface area contributed by atoms with Gasteiger partial charge in [0.05, 0.1) is 0 Å². The van der Waals surface area contributed by atoms with E-state index >= 15 is 0 Å². The van der Waals surface area contributed by atoms with Crippen LogP contribution in [0.4, 0.5) is 11.6 Å². The Balaban J connectivity index is 1.75. The van der Waals surface area contributed by atoms with Crippen molar-refractivity contribution < 1.29 is 0 Å². The van der Waals surface area contributed by atoms with Gasteiger partial charge in [-0.05, 0) is 39.8 Å². The summed E-state index contributed by atoms with van der Waals surface area (Å²) in [5.41, 5.74) is 0. The molecule has 0 radical (unpaired) electrons. The van der Waals surface area contributed by atoms with Crippen molar-refractivity contribution in [1.82, 2.24) is 14.9 Å². The topological polar surface area (TPSA) is 53.1 Å². The predicted octanol–water partition coefficient (Wildman–Crippen LogP) is 1.90. The van der Waals surface area contributed by atoms with Crippen LogP contribution in [0.3, 0.4) is 0 Å². The Morgan fingerprint density at radius 1 is 1.26 bits per heavy atom. The second kappa shape index (κ2) is 5.33. The minimum Gasteiger partial charge on any atom is -0.370 e. The van der Waals surface area contributed by atoms with E-state index in [2.05, 4.69) is 39.5 Å². The zero-order chi connectivity index (χ0) is 13.2. The largest absolute Gasteiger partial charge is 0.370 e. The van der Waals surface area contributed by atoms with Crippen LogP contribution in [0.2, 0.25) is 0 Å². The molecule has 3 rings (SSSR count). The molecule has 19 heavy (non-hydrogen) atoms. The van der Waals surface area contributed by atoms with Gasteiger partial charge in [-0.2, -0.15) is 0 Å². The van der Waals surface area contributed by atoms with E-state index < -0.39 is 0 Å². The fourth-order valence-corrected chi connectivity index (χ4v) is 2.60. The van der Waals surface area contributed by atoms with Gasteiger partial charge >= 0.3 is 0 Å². The number of likely N-dealkylation sites (N-methyl/N-ethyl adjacent to an activating group) is 1. The summed E-state index contributed by atoms with van der Waals surface area (Å²) in [5.74, 6) is 3.53. The lowest BCUT2D eigenvalue weighted by atomic mass is 10.2. The number of hydrogen-bond acceptors (Lipinski definition) is 5. The predicted molar refractivity (Wildman–Crippen MR) is 77.7 cm³/mol. The minimum absolute atomic E-state index is 0.515. The normalized spacial score (nSPS) is 23.6. The quantitative estimate of drug-likeness (QED) is 0.848. The van der Waals surface area contributed by atoms with E-state index in [9.17, 15) is 0 Å². The van der Waals surface area contributed by atoms with E-state index in [-0.39, 0.29) is 0 Å². The standard InChI is InChI=1S/C14H23N5/c1-3-15-12-8-13(16-11-6-7-19(2)9-11)18-14(17-12)10-4-5-10/h8,10-11H,3-7,9H2,1-2H3,(H2,15,16,17,18). The summed E-state index contributed by atoms with van der Waals surface area (Å²) in [4.78, 5) is 11.6. The summed E-state index contributed by atoms with van der Waals surface area (Å²) in [6, 6.07) is 2.55. The van der Waals surface area contributed by atoms with Crippen molar-refractivity contribution >= 4 is 11.6 Å². The summed E-state index contributed by atoms with van der Waals surface area (Å²) in [6.45, 7) is 5.25. The molecule has 1 atom stereocenters. The summed E-state index contributed by atoms with van der Waals surface area (Å²) in [6.07, 6.45) is 3.66. The summed E-state index contributed by atoms with van der Waals surface area (Å²) >= 11 is 0. The van der Waals surface area contributed by atoms with Crippen LogP contribution in [-0.4, -0.2) is 47.6 Å². The number of hydrogen-bond donors (Lipinski definition) is 2. The third kappa shape index (κ3) is 3.15. The smallest absolute Gasteiger partial charge is 0.136 e. The Hall–Kier alpha value is -1.36.